The summed E-state index contributed by atoms with van der Waals surface area (Å²) in [4.78, 5) is 0. The van der Waals surface area contributed by atoms with E-state index in [1.54, 1.807) is 26.5 Å². The van der Waals surface area contributed by atoms with Gasteiger partial charge in [-0.1, -0.05) is 11.6 Å². The largest absolute Gasteiger partial charge is 0.495 e. The van der Waals surface area contributed by atoms with Gasteiger partial charge in [-0.05, 0) is 12.1 Å². The Hall–Kier alpha value is -1.88. The van der Waals surface area contributed by atoms with Crippen molar-refractivity contribution in [3.63, 3.8) is 0 Å². The molecule has 0 bridgehead atoms. The quantitative estimate of drug-likeness (QED) is 0.881. The number of hydrogen-bond donors (Lipinski definition) is 2. The molecule has 5 nitrogen and oxygen atoms in total. The molecule has 0 atom stereocenters. The Morgan fingerprint density at radius 1 is 1.24 bits per heavy atom. The summed E-state index contributed by atoms with van der Waals surface area (Å²) < 4.78 is 10.4. The van der Waals surface area contributed by atoms with Crippen molar-refractivity contribution in [2.75, 3.05) is 20.0 Å². The zero-order chi connectivity index (χ0) is 12.4. The molecule has 0 aliphatic carbocycles. The minimum atomic E-state index is 0.410. The minimum absolute atomic E-state index is 0.410. The van der Waals surface area contributed by atoms with Crippen LogP contribution in [0.3, 0.4) is 0 Å². The van der Waals surface area contributed by atoms with Crippen molar-refractivity contribution in [1.82, 2.24) is 10.2 Å². The molecule has 2 aromatic rings. The van der Waals surface area contributed by atoms with E-state index in [0.717, 1.165) is 11.1 Å². The minimum Gasteiger partial charge on any atom is -0.495 e. The van der Waals surface area contributed by atoms with E-state index in [4.69, 9.17) is 26.8 Å². The smallest absolute Gasteiger partial charge is 0.149 e. The fourth-order valence-corrected chi connectivity index (χ4v) is 1.94. The zero-order valence-electron chi connectivity index (χ0n) is 9.45. The lowest BCUT2D eigenvalue weighted by Gasteiger charge is -2.12. The molecule has 2 rings (SSSR count). The van der Waals surface area contributed by atoms with Crippen LogP contribution < -0.4 is 15.2 Å². The van der Waals surface area contributed by atoms with Crippen LogP contribution in [0.2, 0.25) is 5.02 Å². The van der Waals surface area contributed by atoms with Gasteiger partial charge in [0.25, 0.3) is 0 Å². The summed E-state index contributed by atoms with van der Waals surface area (Å²) in [6.45, 7) is 0. The third-order valence-electron chi connectivity index (χ3n) is 2.44. The third kappa shape index (κ3) is 1.89. The lowest BCUT2D eigenvalue weighted by atomic mass is 10.1. The predicted octanol–water partition coefficient (Wildman–Crippen LogP) is 2.33. The number of nitrogens with two attached hydrogens (primary N) is 1. The van der Waals surface area contributed by atoms with Gasteiger partial charge in [0.1, 0.15) is 22.3 Å². The molecule has 0 aliphatic rings. The van der Waals surface area contributed by atoms with Crippen LogP contribution in [0, 0.1) is 0 Å². The van der Waals surface area contributed by atoms with E-state index < -0.39 is 0 Å². The summed E-state index contributed by atoms with van der Waals surface area (Å²) in [7, 11) is 3.09. The molecule has 0 radical (unpaired) electrons. The Kier molecular flexibility index (Phi) is 3.10. The highest BCUT2D eigenvalue weighted by Crippen LogP contribution is 2.42. The molecule has 0 fully saturated rings. The molecule has 0 spiro atoms. The predicted molar refractivity (Wildman–Crippen MR) is 66.6 cm³/mol. The van der Waals surface area contributed by atoms with Crippen LogP contribution in [0.5, 0.6) is 11.5 Å². The fraction of sp³-hybridized carbons (Fsp3) is 0.182. The second kappa shape index (κ2) is 4.55. The van der Waals surface area contributed by atoms with Crippen LogP contribution in [0.25, 0.3) is 11.1 Å². The Morgan fingerprint density at radius 3 is 2.53 bits per heavy atom. The molecule has 1 heterocycles. The number of aromatic nitrogens is 2. The number of rotatable bonds is 3. The fourth-order valence-electron chi connectivity index (χ4n) is 1.62. The second-order valence-corrected chi connectivity index (χ2v) is 3.74. The van der Waals surface area contributed by atoms with Crippen molar-refractivity contribution in [2.45, 2.75) is 0 Å². The number of nitrogens with zero attached hydrogens (tertiary/aromatic N) is 1. The molecule has 17 heavy (non-hydrogen) atoms. The summed E-state index contributed by atoms with van der Waals surface area (Å²) in [5, 5.41) is 6.94. The Bertz CT molecular complexity index is 540. The maximum atomic E-state index is 6.16. The number of methoxy groups -OCH3 is 2. The van der Waals surface area contributed by atoms with Gasteiger partial charge in [0, 0.05) is 11.1 Å². The van der Waals surface area contributed by atoms with Gasteiger partial charge in [0.15, 0.2) is 0 Å². The normalized spacial score (nSPS) is 10.3. The summed E-state index contributed by atoms with van der Waals surface area (Å²) in [6.07, 6.45) is 1.62. The number of halogens is 1. The number of anilines is 1. The SMILES string of the molecule is COc1ccc(-c2cn[nH]c2N)c(OC)c1Cl. The molecular formula is C11H12ClN3O2. The summed E-state index contributed by atoms with van der Waals surface area (Å²) in [5.41, 5.74) is 7.28. The van der Waals surface area contributed by atoms with Gasteiger partial charge in [-0.15, -0.1) is 0 Å². The van der Waals surface area contributed by atoms with Crippen LogP contribution in [0.4, 0.5) is 5.82 Å². The van der Waals surface area contributed by atoms with Gasteiger partial charge < -0.3 is 15.2 Å². The van der Waals surface area contributed by atoms with Gasteiger partial charge in [-0.25, -0.2) is 0 Å². The molecular weight excluding hydrogens is 242 g/mol. The molecule has 6 heteroatoms. The summed E-state index contributed by atoms with van der Waals surface area (Å²) in [5.74, 6) is 1.53. The molecule has 0 saturated carbocycles. The first kappa shape index (κ1) is 11.6. The Balaban J connectivity index is 2.63. The molecule has 0 aliphatic heterocycles. The number of aromatic amines is 1. The first-order valence-corrected chi connectivity index (χ1v) is 5.26. The molecule has 0 saturated heterocycles. The average molecular weight is 254 g/mol. The van der Waals surface area contributed by atoms with Gasteiger partial charge in [0.05, 0.1) is 20.4 Å². The van der Waals surface area contributed by atoms with E-state index in [1.807, 2.05) is 6.07 Å². The van der Waals surface area contributed by atoms with Crippen LogP contribution in [-0.2, 0) is 0 Å². The van der Waals surface area contributed by atoms with E-state index in [-0.39, 0.29) is 0 Å². The molecule has 1 aromatic carbocycles. The molecule has 3 N–H and O–H groups in total. The first-order valence-electron chi connectivity index (χ1n) is 4.88. The van der Waals surface area contributed by atoms with Crippen molar-refractivity contribution < 1.29 is 9.47 Å². The summed E-state index contributed by atoms with van der Waals surface area (Å²) >= 11 is 6.16. The number of ether oxygens (including phenoxy) is 2. The van der Waals surface area contributed by atoms with Crippen molar-refractivity contribution in [1.29, 1.82) is 0 Å². The van der Waals surface area contributed by atoms with Crippen molar-refractivity contribution in [2.24, 2.45) is 0 Å². The molecule has 90 valence electrons. The standard InChI is InChI=1S/C11H12ClN3O2/c1-16-8-4-3-6(10(17-2)9(8)12)7-5-14-15-11(7)13/h3-5H,1-2H3,(H3,13,14,15). The van der Waals surface area contributed by atoms with Crippen LogP contribution in [0.1, 0.15) is 0 Å². The molecule has 1 aromatic heterocycles. The van der Waals surface area contributed by atoms with E-state index >= 15 is 0 Å². The number of hydrogen-bond acceptors (Lipinski definition) is 4. The van der Waals surface area contributed by atoms with Crippen molar-refractivity contribution >= 4 is 17.4 Å². The third-order valence-corrected chi connectivity index (χ3v) is 2.80. The zero-order valence-corrected chi connectivity index (χ0v) is 10.2. The van der Waals surface area contributed by atoms with E-state index in [2.05, 4.69) is 10.2 Å². The van der Waals surface area contributed by atoms with Gasteiger partial charge in [-0.3, -0.25) is 5.10 Å². The van der Waals surface area contributed by atoms with Crippen molar-refractivity contribution in [3.05, 3.63) is 23.4 Å². The van der Waals surface area contributed by atoms with Crippen LogP contribution >= 0.6 is 11.6 Å². The van der Waals surface area contributed by atoms with Crippen LogP contribution in [0.15, 0.2) is 18.3 Å². The Morgan fingerprint density at radius 2 is 2.00 bits per heavy atom. The van der Waals surface area contributed by atoms with Gasteiger partial charge in [0.2, 0.25) is 0 Å². The second-order valence-electron chi connectivity index (χ2n) is 3.36. The average Bonchev–Trinajstić information content (AvgIpc) is 2.75. The lowest BCUT2D eigenvalue weighted by Crippen LogP contribution is -1.94. The topological polar surface area (TPSA) is 73.2 Å². The lowest BCUT2D eigenvalue weighted by molar-refractivity contribution is 0.396. The van der Waals surface area contributed by atoms with E-state index in [9.17, 15) is 0 Å². The first-order chi connectivity index (χ1) is 8.19. The van der Waals surface area contributed by atoms with Gasteiger partial charge in [-0.2, -0.15) is 5.10 Å². The highest BCUT2D eigenvalue weighted by atomic mass is 35.5. The number of nitrogens with one attached hydrogen (secondary N) is 1. The summed E-state index contributed by atoms with van der Waals surface area (Å²) in [6, 6.07) is 3.58. The monoisotopic (exact) mass is 253 g/mol. The molecule has 0 unspecified atom stereocenters. The highest BCUT2D eigenvalue weighted by molar-refractivity contribution is 6.34. The maximum Gasteiger partial charge on any atom is 0.149 e. The number of H-pyrrole nitrogens is 1. The number of benzene rings is 1. The number of nitrogen functional groups attached to an aromatic ring is 1. The van der Waals surface area contributed by atoms with Crippen molar-refractivity contribution in [3.8, 4) is 22.6 Å². The van der Waals surface area contributed by atoms with E-state index in [1.165, 1.54) is 0 Å². The van der Waals surface area contributed by atoms with Gasteiger partial charge >= 0.3 is 0 Å². The van der Waals surface area contributed by atoms with Crippen LogP contribution in [-0.4, -0.2) is 24.4 Å². The molecule has 0 amide bonds. The van der Waals surface area contributed by atoms with E-state index in [0.29, 0.717) is 22.3 Å². The Labute approximate surface area is 103 Å². The maximum absolute atomic E-state index is 6.16. The highest BCUT2D eigenvalue weighted by Gasteiger charge is 2.16.